The van der Waals surface area contributed by atoms with Crippen LogP contribution in [-0.4, -0.2) is 22.9 Å². The van der Waals surface area contributed by atoms with Crippen LogP contribution < -0.4 is 10.6 Å². The second kappa shape index (κ2) is 5.89. The van der Waals surface area contributed by atoms with Gasteiger partial charge >= 0.3 is 0 Å². The summed E-state index contributed by atoms with van der Waals surface area (Å²) < 4.78 is 1.98. The molecule has 0 saturated heterocycles. The summed E-state index contributed by atoms with van der Waals surface area (Å²) in [6.07, 6.45) is 6.09. The van der Waals surface area contributed by atoms with E-state index in [1.54, 1.807) is 0 Å². The molecule has 0 unspecified atom stereocenters. The molecule has 0 bridgehead atoms. The van der Waals surface area contributed by atoms with Gasteiger partial charge in [0, 0.05) is 37.7 Å². The molecule has 2 heterocycles. The highest BCUT2D eigenvalue weighted by molar-refractivity contribution is 5.61. The minimum Gasteiger partial charge on any atom is -0.384 e. The minimum absolute atomic E-state index is 0.940. The number of hydrogen-bond donors (Lipinski definition) is 2. The van der Waals surface area contributed by atoms with Crippen molar-refractivity contribution in [2.24, 2.45) is 0 Å². The fourth-order valence-corrected chi connectivity index (χ4v) is 2.58. The second-order valence-corrected chi connectivity index (χ2v) is 4.93. The maximum atomic E-state index is 4.20. The van der Waals surface area contributed by atoms with Gasteiger partial charge < -0.3 is 10.6 Å². The zero-order valence-electron chi connectivity index (χ0n) is 11.1. The SMILES string of the molecule is c1cc2c(c(CNCCCn3cccn3)c1)NCC2. The molecule has 0 radical (unpaired) electrons. The van der Waals surface area contributed by atoms with Crippen LogP contribution in [0.2, 0.25) is 0 Å². The van der Waals surface area contributed by atoms with Gasteiger partial charge in [-0.15, -0.1) is 0 Å². The first-order chi connectivity index (χ1) is 9.43. The number of nitrogens with zero attached hydrogens (tertiary/aromatic N) is 2. The number of aryl methyl sites for hydroxylation is 1. The van der Waals surface area contributed by atoms with Crippen molar-refractivity contribution in [3.8, 4) is 0 Å². The first kappa shape index (κ1) is 12.2. The Kier molecular flexibility index (Phi) is 3.79. The monoisotopic (exact) mass is 256 g/mol. The Balaban J connectivity index is 1.44. The van der Waals surface area contributed by atoms with Gasteiger partial charge in [-0.25, -0.2) is 0 Å². The number of fused-ring (bicyclic) bond motifs is 1. The fourth-order valence-electron chi connectivity index (χ4n) is 2.58. The highest BCUT2D eigenvalue weighted by atomic mass is 15.3. The molecular formula is C15H20N4. The molecule has 1 aliphatic rings. The molecule has 1 aromatic carbocycles. The molecule has 2 aromatic rings. The molecule has 19 heavy (non-hydrogen) atoms. The Morgan fingerprint density at radius 3 is 3.21 bits per heavy atom. The molecule has 100 valence electrons. The molecule has 0 fully saturated rings. The second-order valence-electron chi connectivity index (χ2n) is 4.93. The van der Waals surface area contributed by atoms with Gasteiger partial charge in [0.1, 0.15) is 0 Å². The Morgan fingerprint density at radius 2 is 2.32 bits per heavy atom. The van der Waals surface area contributed by atoms with E-state index in [1.165, 1.54) is 16.8 Å². The van der Waals surface area contributed by atoms with Crippen molar-refractivity contribution in [1.82, 2.24) is 15.1 Å². The predicted molar refractivity (Wildman–Crippen MR) is 77.2 cm³/mol. The normalized spacial score (nSPS) is 13.3. The maximum absolute atomic E-state index is 4.20. The van der Waals surface area contributed by atoms with Crippen LogP contribution in [0.25, 0.3) is 0 Å². The molecule has 4 nitrogen and oxygen atoms in total. The van der Waals surface area contributed by atoms with E-state index in [-0.39, 0.29) is 0 Å². The summed E-state index contributed by atoms with van der Waals surface area (Å²) in [4.78, 5) is 0. The third kappa shape index (κ3) is 2.96. The van der Waals surface area contributed by atoms with Crippen molar-refractivity contribution in [2.45, 2.75) is 25.9 Å². The number of aromatic nitrogens is 2. The highest BCUT2D eigenvalue weighted by Crippen LogP contribution is 2.25. The first-order valence-electron chi connectivity index (χ1n) is 6.96. The zero-order chi connectivity index (χ0) is 12.9. The molecule has 0 atom stereocenters. The lowest BCUT2D eigenvalue weighted by atomic mass is 10.1. The van der Waals surface area contributed by atoms with Gasteiger partial charge in [-0.2, -0.15) is 5.10 Å². The van der Waals surface area contributed by atoms with E-state index in [1.807, 2.05) is 23.1 Å². The van der Waals surface area contributed by atoms with Gasteiger partial charge in [0.05, 0.1) is 0 Å². The molecule has 0 aliphatic carbocycles. The van der Waals surface area contributed by atoms with E-state index in [0.29, 0.717) is 0 Å². The van der Waals surface area contributed by atoms with E-state index in [2.05, 4.69) is 33.9 Å². The number of anilines is 1. The fraction of sp³-hybridized carbons (Fsp3) is 0.400. The smallest absolute Gasteiger partial charge is 0.0489 e. The molecule has 0 spiro atoms. The summed E-state index contributed by atoms with van der Waals surface area (Å²) in [6.45, 7) is 4.01. The quantitative estimate of drug-likeness (QED) is 0.777. The number of para-hydroxylation sites is 1. The third-order valence-electron chi connectivity index (χ3n) is 3.55. The van der Waals surface area contributed by atoms with Crippen LogP contribution in [-0.2, 0) is 19.5 Å². The van der Waals surface area contributed by atoms with Crippen molar-refractivity contribution >= 4 is 5.69 Å². The molecule has 0 amide bonds. The molecule has 3 rings (SSSR count). The van der Waals surface area contributed by atoms with Crippen molar-refractivity contribution in [2.75, 3.05) is 18.4 Å². The Hall–Kier alpha value is -1.81. The summed E-state index contributed by atoms with van der Waals surface area (Å²) in [5.41, 5.74) is 4.19. The molecule has 2 N–H and O–H groups in total. The van der Waals surface area contributed by atoms with Gasteiger partial charge in [0.15, 0.2) is 0 Å². The van der Waals surface area contributed by atoms with Gasteiger partial charge in [0.25, 0.3) is 0 Å². The van der Waals surface area contributed by atoms with E-state index < -0.39 is 0 Å². The lowest BCUT2D eigenvalue weighted by Gasteiger charge is -2.10. The molecule has 1 aromatic heterocycles. The maximum Gasteiger partial charge on any atom is 0.0489 e. The molecule has 4 heteroatoms. The average Bonchev–Trinajstić information content (AvgIpc) is 3.09. The number of rotatable bonds is 6. The van der Waals surface area contributed by atoms with Crippen molar-refractivity contribution in [3.05, 3.63) is 47.8 Å². The Morgan fingerprint density at radius 1 is 1.32 bits per heavy atom. The van der Waals surface area contributed by atoms with E-state index in [4.69, 9.17) is 0 Å². The van der Waals surface area contributed by atoms with Gasteiger partial charge in [-0.05, 0) is 36.6 Å². The van der Waals surface area contributed by atoms with Gasteiger partial charge in [-0.1, -0.05) is 18.2 Å². The molecular weight excluding hydrogens is 236 g/mol. The van der Waals surface area contributed by atoms with E-state index in [9.17, 15) is 0 Å². The predicted octanol–water partition coefficient (Wildman–Crippen LogP) is 2.03. The highest BCUT2D eigenvalue weighted by Gasteiger charge is 2.12. The van der Waals surface area contributed by atoms with Crippen molar-refractivity contribution < 1.29 is 0 Å². The average molecular weight is 256 g/mol. The third-order valence-corrected chi connectivity index (χ3v) is 3.55. The van der Waals surface area contributed by atoms with Crippen LogP contribution in [0.15, 0.2) is 36.7 Å². The van der Waals surface area contributed by atoms with Gasteiger partial charge in [-0.3, -0.25) is 4.68 Å². The van der Waals surface area contributed by atoms with Crippen LogP contribution in [0.5, 0.6) is 0 Å². The first-order valence-corrected chi connectivity index (χ1v) is 6.96. The van der Waals surface area contributed by atoms with E-state index in [0.717, 1.165) is 39.0 Å². The summed E-state index contributed by atoms with van der Waals surface area (Å²) in [5.74, 6) is 0. The largest absolute Gasteiger partial charge is 0.384 e. The Labute approximate surface area is 113 Å². The van der Waals surface area contributed by atoms with Crippen LogP contribution in [0.1, 0.15) is 17.5 Å². The van der Waals surface area contributed by atoms with Crippen LogP contribution in [0.3, 0.4) is 0 Å². The standard InChI is InChI=1S/C15H20N4/c1-4-13-6-9-17-15(13)14(5-1)12-16-7-2-10-19-11-3-8-18-19/h1,3-5,8,11,16-17H,2,6-7,9-10,12H2. The van der Waals surface area contributed by atoms with E-state index >= 15 is 0 Å². The summed E-state index contributed by atoms with van der Waals surface area (Å²) >= 11 is 0. The lowest BCUT2D eigenvalue weighted by Crippen LogP contribution is -2.17. The van der Waals surface area contributed by atoms with Crippen LogP contribution in [0, 0.1) is 0 Å². The topological polar surface area (TPSA) is 41.9 Å². The van der Waals surface area contributed by atoms with Crippen LogP contribution >= 0.6 is 0 Å². The minimum atomic E-state index is 0.940. The number of hydrogen-bond acceptors (Lipinski definition) is 3. The van der Waals surface area contributed by atoms with Crippen molar-refractivity contribution in [1.29, 1.82) is 0 Å². The summed E-state index contributed by atoms with van der Waals surface area (Å²) in [6, 6.07) is 8.55. The van der Waals surface area contributed by atoms with Crippen LogP contribution in [0.4, 0.5) is 5.69 Å². The van der Waals surface area contributed by atoms with Gasteiger partial charge in [0.2, 0.25) is 0 Å². The number of benzene rings is 1. The summed E-state index contributed by atoms with van der Waals surface area (Å²) in [7, 11) is 0. The lowest BCUT2D eigenvalue weighted by molar-refractivity contribution is 0.543. The molecule has 0 saturated carbocycles. The zero-order valence-corrected chi connectivity index (χ0v) is 11.1. The van der Waals surface area contributed by atoms with Crippen molar-refractivity contribution in [3.63, 3.8) is 0 Å². The number of nitrogens with one attached hydrogen (secondary N) is 2. The summed E-state index contributed by atoms with van der Waals surface area (Å²) in [5, 5.41) is 11.2. The Bertz CT molecular complexity index is 519. The molecule has 1 aliphatic heterocycles.